The molecule has 3 heterocycles. The third kappa shape index (κ3) is 3.89. The number of nitrogens with zero attached hydrogens (tertiary/aromatic N) is 2. The van der Waals surface area contributed by atoms with Gasteiger partial charge in [-0.15, -0.1) is 0 Å². The van der Waals surface area contributed by atoms with Crippen LogP contribution in [0.4, 0.5) is 0 Å². The Morgan fingerprint density at radius 3 is 2.37 bits per heavy atom. The summed E-state index contributed by atoms with van der Waals surface area (Å²) in [6.45, 7) is 2.61. The summed E-state index contributed by atoms with van der Waals surface area (Å²) < 4.78 is 0. The summed E-state index contributed by atoms with van der Waals surface area (Å²) in [4.78, 5) is 35.3. The van der Waals surface area contributed by atoms with Gasteiger partial charge in [0.2, 0.25) is 11.8 Å². The van der Waals surface area contributed by atoms with Crippen LogP contribution in [0.2, 0.25) is 0 Å². The first-order valence-electron chi connectivity index (χ1n) is 9.43. The van der Waals surface area contributed by atoms with E-state index in [1.54, 1.807) is 0 Å². The molecule has 0 aliphatic carbocycles. The van der Waals surface area contributed by atoms with Crippen LogP contribution in [0.3, 0.4) is 0 Å². The molecular formula is C21H24N4O2. The lowest BCUT2D eigenvalue weighted by Crippen LogP contribution is -2.38. The Morgan fingerprint density at radius 2 is 1.63 bits per heavy atom. The molecule has 0 unspecified atom stereocenters. The first-order chi connectivity index (χ1) is 13.2. The zero-order valence-electron chi connectivity index (χ0n) is 15.3. The molecule has 1 aromatic carbocycles. The van der Waals surface area contributed by atoms with Crippen LogP contribution >= 0.6 is 0 Å². The van der Waals surface area contributed by atoms with Gasteiger partial charge in [0, 0.05) is 55.7 Å². The number of para-hydroxylation sites is 1. The molecule has 0 radical (unpaired) electrons. The van der Waals surface area contributed by atoms with E-state index in [0.29, 0.717) is 39.0 Å². The van der Waals surface area contributed by atoms with Gasteiger partial charge in [-0.3, -0.25) is 9.59 Å². The number of benzene rings is 1. The van der Waals surface area contributed by atoms with Gasteiger partial charge < -0.3 is 19.8 Å². The van der Waals surface area contributed by atoms with Crippen LogP contribution in [0, 0.1) is 0 Å². The smallest absolute Gasteiger partial charge is 0.227 e. The molecule has 2 N–H and O–H groups in total. The van der Waals surface area contributed by atoms with E-state index in [0.717, 1.165) is 28.5 Å². The van der Waals surface area contributed by atoms with Crippen molar-refractivity contribution in [3.8, 4) is 0 Å². The molecule has 2 amide bonds. The van der Waals surface area contributed by atoms with Gasteiger partial charge in [-0.25, -0.2) is 0 Å². The highest BCUT2D eigenvalue weighted by Crippen LogP contribution is 2.19. The number of carbonyl (C=O) groups is 2. The number of H-pyrrole nitrogens is 2. The molecule has 0 saturated carbocycles. The zero-order chi connectivity index (χ0) is 18.6. The summed E-state index contributed by atoms with van der Waals surface area (Å²) in [5.41, 5.74) is 3.08. The molecular weight excluding hydrogens is 340 g/mol. The number of amides is 2. The van der Waals surface area contributed by atoms with Gasteiger partial charge in [-0.1, -0.05) is 18.2 Å². The number of hydrogen-bond acceptors (Lipinski definition) is 2. The highest BCUT2D eigenvalue weighted by atomic mass is 16.2. The van der Waals surface area contributed by atoms with Crippen molar-refractivity contribution in [1.29, 1.82) is 0 Å². The van der Waals surface area contributed by atoms with Gasteiger partial charge in [0.1, 0.15) is 0 Å². The second-order valence-electron chi connectivity index (χ2n) is 7.05. The number of nitrogens with one attached hydrogen (secondary N) is 2. The second kappa shape index (κ2) is 7.70. The van der Waals surface area contributed by atoms with Gasteiger partial charge in [0.15, 0.2) is 0 Å². The largest absolute Gasteiger partial charge is 0.367 e. The molecule has 140 valence electrons. The predicted octanol–water partition coefficient (Wildman–Crippen LogP) is 2.34. The van der Waals surface area contributed by atoms with Crippen LogP contribution < -0.4 is 0 Å². The third-order valence-electron chi connectivity index (χ3n) is 5.24. The number of rotatable bonds is 4. The fourth-order valence-corrected chi connectivity index (χ4v) is 3.72. The average molecular weight is 364 g/mol. The van der Waals surface area contributed by atoms with E-state index in [1.165, 1.54) is 0 Å². The summed E-state index contributed by atoms with van der Waals surface area (Å²) in [6.07, 6.45) is 7.22. The average Bonchev–Trinajstić information content (AvgIpc) is 3.25. The van der Waals surface area contributed by atoms with Crippen molar-refractivity contribution in [1.82, 2.24) is 19.8 Å². The Labute approximate surface area is 158 Å². The van der Waals surface area contributed by atoms with Crippen molar-refractivity contribution in [3.63, 3.8) is 0 Å². The van der Waals surface area contributed by atoms with Gasteiger partial charge in [0.05, 0.1) is 12.8 Å². The maximum Gasteiger partial charge on any atom is 0.227 e. The molecule has 4 rings (SSSR count). The maximum absolute atomic E-state index is 12.8. The lowest BCUT2D eigenvalue weighted by molar-refractivity contribution is -0.132. The van der Waals surface area contributed by atoms with Crippen LogP contribution in [0.5, 0.6) is 0 Å². The van der Waals surface area contributed by atoms with Crippen molar-refractivity contribution < 1.29 is 9.59 Å². The predicted molar refractivity (Wildman–Crippen MR) is 104 cm³/mol. The van der Waals surface area contributed by atoms with Crippen molar-refractivity contribution in [3.05, 3.63) is 60.0 Å². The van der Waals surface area contributed by atoms with E-state index in [2.05, 4.69) is 9.97 Å². The number of carbonyl (C=O) groups excluding carboxylic acids is 2. The van der Waals surface area contributed by atoms with E-state index in [9.17, 15) is 9.59 Å². The number of aromatic nitrogens is 2. The normalized spacial score (nSPS) is 15.1. The molecule has 1 aliphatic rings. The molecule has 6 heteroatoms. The van der Waals surface area contributed by atoms with Gasteiger partial charge in [-0.2, -0.15) is 0 Å². The number of aromatic amines is 2. The van der Waals surface area contributed by atoms with E-state index >= 15 is 0 Å². The number of fused-ring (bicyclic) bond motifs is 1. The van der Waals surface area contributed by atoms with Crippen molar-refractivity contribution in [2.24, 2.45) is 0 Å². The Bertz CT molecular complexity index is 929. The molecule has 1 saturated heterocycles. The quantitative estimate of drug-likeness (QED) is 0.746. The fraction of sp³-hybridized carbons (Fsp3) is 0.333. The summed E-state index contributed by atoms with van der Waals surface area (Å²) in [6, 6.07) is 9.96. The van der Waals surface area contributed by atoms with Gasteiger partial charge in [0.25, 0.3) is 0 Å². The molecule has 0 spiro atoms. The summed E-state index contributed by atoms with van der Waals surface area (Å²) in [5, 5.41) is 1.10. The van der Waals surface area contributed by atoms with Crippen LogP contribution in [-0.4, -0.2) is 57.8 Å². The molecule has 0 bridgehead atoms. The third-order valence-corrected chi connectivity index (χ3v) is 5.24. The summed E-state index contributed by atoms with van der Waals surface area (Å²) >= 11 is 0. The standard InChI is InChI=1S/C21H24N4O2/c26-20(12-16-6-7-22-14-16)24-8-3-9-25(11-10-24)21(27)13-17-15-23-19-5-2-1-4-18(17)19/h1-2,4-7,14-15,22-23H,3,8-13H2. The first kappa shape index (κ1) is 17.4. The molecule has 1 aliphatic heterocycles. The highest BCUT2D eigenvalue weighted by molar-refractivity contribution is 5.89. The monoisotopic (exact) mass is 364 g/mol. The minimum Gasteiger partial charge on any atom is -0.367 e. The van der Waals surface area contributed by atoms with Gasteiger partial charge in [-0.05, 0) is 29.7 Å². The SMILES string of the molecule is O=C(Cc1cc[nH]c1)N1CCCN(C(=O)Cc2c[nH]c3ccccc23)CC1. The van der Waals surface area contributed by atoms with Crippen molar-refractivity contribution in [2.45, 2.75) is 19.3 Å². The van der Waals surface area contributed by atoms with E-state index < -0.39 is 0 Å². The minimum absolute atomic E-state index is 0.125. The first-order valence-corrected chi connectivity index (χ1v) is 9.43. The molecule has 2 aromatic heterocycles. The molecule has 27 heavy (non-hydrogen) atoms. The molecule has 0 atom stereocenters. The fourth-order valence-electron chi connectivity index (χ4n) is 3.72. The lowest BCUT2D eigenvalue weighted by atomic mass is 10.1. The Morgan fingerprint density at radius 1 is 0.889 bits per heavy atom. The Hall–Kier alpha value is -3.02. The number of hydrogen-bond donors (Lipinski definition) is 2. The van der Waals surface area contributed by atoms with Crippen LogP contribution in [0.15, 0.2) is 48.9 Å². The Balaban J connectivity index is 1.36. The zero-order valence-corrected chi connectivity index (χ0v) is 15.3. The second-order valence-corrected chi connectivity index (χ2v) is 7.05. The Kier molecular flexibility index (Phi) is 4.96. The maximum atomic E-state index is 12.8. The van der Waals surface area contributed by atoms with E-state index in [1.807, 2.05) is 58.7 Å². The van der Waals surface area contributed by atoms with Crippen LogP contribution in [-0.2, 0) is 22.4 Å². The molecule has 6 nitrogen and oxygen atoms in total. The van der Waals surface area contributed by atoms with Crippen molar-refractivity contribution in [2.75, 3.05) is 26.2 Å². The summed E-state index contributed by atoms with van der Waals surface area (Å²) in [5.74, 6) is 0.250. The molecule has 1 fully saturated rings. The lowest BCUT2D eigenvalue weighted by Gasteiger charge is -2.22. The minimum atomic E-state index is 0.125. The van der Waals surface area contributed by atoms with Crippen LogP contribution in [0.25, 0.3) is 10.9 Å². The van der Waals surface area contributed by atoms with Crippen LogP contribution in [0.1, 0.15) is 17.5 Å². The summed E-state index contributed by atoms with van der Waals surface area (Å²) in [7, 11) is 0. The van der Waals surface area contributed by atoms with E-state index in [4.69, 9.17) is 0 Å². The van der Waals surface area contributed by atoms with E-state index in [-0.39, 0.29) is 11.8 Å². The topological polar surface area (TPSA) is 72.2 Å². The van der Waals surface area contributed by atoms with Crippen molar-refractivity contribution >= 4 is 22.7 Å². The highest BCUT2D eigenvalue weighted by Gasteiger charge is 2.22. The molecule has 3 aromatic rings. The van der Waals surface area contributed by atoms with Gasteiger partial charge >= 0.3 is 0 Å².